The fraction of sp³-hybridized carbons (Fsp3) is 0.500. The molecule has 10 nitrogen and oxygen atoms in total. The molecule has 0 rings (SSSR count). The molecule has 0 unspecified atom stereocenters. The van der Waals surface area contributed by atoms with Crippen LogP contribution in [0, 0.1) is 5.41 Å². The number of nitrogens with one attached hydrogen (secondary N) is 2. The van der Waals surface area contributed by atoms with E-state index < -0.39 is 48.8 Å². The van der Waals surface area contributed by atoms with E-state index in [1.165, 1.54) is 7.05 Å². The summed E-state index contributed by atoms with van der Waals surface area (Å²) in [6.07, 6.45) is -0.690. The second-order valence-corrected chi connectivity index (χ2v) is 3.88. The van der Waals surface area contributed by atoms with Gasteiger partial charge in [-0.15, -0.1) is 0 Å². The zero-order chi connectivity index (χ0) is 15.9. The minimum absolute atomic E-state index is 0.393. The number of ether oxygens (including phenoxy) is 1. The number of nitrogens with zero attached hydrogens (tertiary/aromatic N) is 1. The quantitative estimate of drug-likeness (QED) is 0.186. The van der Waals surface area contributed by atoms with Crippen LogP contribution in [0.15, 0.2) is 0 Å². The van der Waals surface area contributed by atoms with Crippen molar-refractivity contribution in [3.8, 4) is 0 Å². The maximum absolute atomic E-state index is 11.3. The van der Waals surface area contributed by atoms with Crippen molar-refractivity contribution in [1.29, 1.82) is 5.41 Å². The Morgan fingerprint density at radius 1 is 1.35 bits per heavy atom. The summed E-state index contributed by atoms with van der Waals surface area (Å²) in [4.78, 5) is 45.1. The Labute approximate surface area is 114 Å². The second kappa shape index (κ2) is 7.71. The van der Waals surface area contributed by atoms with Gasteiger partial charge in [0.25, 0.3) is 0 Å². The summed E-state index contributed by atoms with van der Waals surface area (Å²) in [7, 11) is 1.34. The highest BCUT2D eigenvalue weighted by atomic mass is 16.6. The van der Waals surface area contributed by atoms with Crippen LogP contribution in [0.1, 0.15) is 13.3 Å². The van der Waals surface area contributed by atoms with Crippen LogP contribution >= 0.6 is 0 Å². The number of hydrogen-bond donors (Lipinski definition) is 4. The van der Waals surface area contributed by atoms with Crippen molar-refractivity contribution in [2.24, 2.45) is 5.73 Å². The number of aliphatic carboxylic acids is 1. The molecule has 0 aromatic heterocycles. The number of rotatable bonds is 6. The summed E-state index contributed by atoms with van der Waals surface area (Å²) in [6, 6.07) is -1.47. The minimum Gasteiger partial charge on any atom is -0.480 e. The summed E-state index contributed by atoms with van der Waals surface area (Å²) in [6.45, 7) is 0.660. The minimum atomic E-state index is -1.47. The standard InChI is InChI=1S/C10H16N4O6/c1-5(15)13-6(9(18)19)3-7(16)20-8(17)4-14(2)10(11)12/h6H,3-4H2,1-2H3,(H3,11,12)(H,13,15)(H,18,19)/t6-/m0/s1. The highest BCUT2D eigenvalue weighted by Crippen LogP contribution is 1.97. The molecule has 0 aliphatic carbocycles. The Morgan fingerprint density at radius 2 is 1.90 bits per heavy atom. The van der Waals surface area contributed by atoms with Crippen LogP contribution in [0.25, 0.3) is 0 Å². The molecule has 10 heteroatoms. The number of carbonyl (C=O) groups excluding carboxylic acids is 3. The molecule has 0 radical (unpaired) electrons. The van der Waals surface area contributed by atoms with E-state index in [4.69, 9.17) is 16.2 Å². The van der Waals surface area contributed by atoms with E-state index >= 15 is 0 Å². The molecule has 0 heterocycles. The molecule has 20 heavy (non-hydrogen) atoms. The summed E-state index contributed by atoms with van der Waals surface area (Å²) in [5.74, 6) is -4.54. The Balaban J connectivity index is 4.39. The third-order valence-corrected chi connectivity index (χ3v) is 2.05. The Kier molecular flexibility index (Phi) is 6.69. The van der Waals surface area contributed by atoms with Crippen LogP contribution < -0.4 is 11.1 Å². The molecule has 0 aliphatic rings. The lowest BCUT2D eigenvalue weighted by Crippen LogP contribution is -2.42. The first kappa shape index (κ1) is 17.4. The summed E-state index contributed by atoms with van der Waals surface area (Å²) in [5.41, 5.74) is 5.08. The molecule has 0 aliphatic heterocycles. The largest absolute Gasteiger partial charge is 0.480 e. The van der Waals surface area contributed by atoms with E-state index in [9.17, 15) is 19.2 Å². The number of nitrogens with two attached hydrogens (primary N) is 1. The van der Waals surface area contributed by atoms with Gasteiger partial charge in [-0.1, -0.05) is 0 Å². The number of likely N-dealkylation sites (N-methyl/N-ethyl adjacent to an activating group) is 1. The van der Waals surface area contributed by atoms with Gasteiger partial charge in [-0.2, -0.15) is 0 Å². The van der Waals surface area contributed by atoms with E-state index in [0.29, 0.717) is 0 Å². The molecule has 0 aromatic rings. The third kappa shape index (κ3) is 6.93. The van der Waals surface area contributed by atoms with Crippen molar-refractivity contribution in [2.45, 2.75) is 19.4 Å². The van der Waals surface area contributed by atoms with Gasteiger partial charge in [0.05, 0.1) is 6.42 Å². The zero-order valence-electron chi connectivity index (χ0n) is 11.0. The first-order chi connectivity index (χ1) is 9.13. The van der Waals surface area contributed by atoms with Crippen LogP contribution in [-0.2, 0) is 23.9 Å². The van der Waals surface area contributed by atoms with E-state index in [1.54, 1.807) is 0 Å². The van der Waals surface area contributed by atoms with Crippen molar-refractivity contribution in [2.75, 3.05) is 13.6 Å². The maximum atomic E-state index is 11.3. The van der Waals surface area contributed by atoms with E-state index in [0.717, 1.165) is 11.8 Å². The van der Waals surface area contributed by atoms with Gasteiger partial charge in [0.1, 0.15) is 12.6 Å². The van der Waals surface area contributed by atoms with Gasteiger partial charge < -0.3 is 25.8 Å². The normalized spacial score (nSPS) is 11.1. The number of esters is 2. The van der Waals surface area contributed by atoms with Gasteiger partial charge in [-0.3, -0.25) is 15.0 Å². The monoisotopic (exact) mass is 288 g/mol. The molecule has 0 spiro atoms. The van der Waals surface area contributed by atoms with Crippen LogP contribution in [0.4, 0.5) is 0 Å². The topological polar surface area (TPSA) is 163 Å². The smallest absolute Gasteiger partial charge is 0.333 e. The fourth-order valence-corrected chi connectivity index (χ4v) is 1.09. The van der Waals surface area contributed by atoms with Crippen LogP contribution in [0.2, 0.25) is 0 Å². The molecular formula is C10H16N4O6. The van der Waals surface area contributed by atoms with E-state index in [-0.39, 0.29) is 0 Å². The van der Waals surface area contributed by atoms with Crippen molar-refractivity contribution in [3.05, 3.63) is 0 Å². The molecule has 0 bridgehead atoms. The van der Waals surface area contributed by atoms with Crippen LogP contribution in [0.5, 0.6) is 0 Å². The average molecular weight is 288 g/mol. The number of guanidine groups is 1. The summed E-state index contributed by atoms with van der Waals surface area (Å²) >= 11 is 0. The third-order valence-electron chi connectivity index (χ3n) is 2.05. The van der Waals surface area contributed by atoms with Crippen molar-refractivity contribution in [3.63, 3.8) is 0 Å². The van der Waals surface area contributed by atoms with Gasteiger partial charge in [-0.25, -0.2) is 9.59 Å². The molecule has 0 aromatic carbocycles. The van der Waals surface area contributed by atoms with Crippen molar-refractivity contribution < 1.29 is 29.0 Å². The van der Waals surface area contributed by atoms with Crippen LogP contribution in [-0.4, -0.2) is 59.4 Å². The molecule has 0 saturated carbocycles. The predicted octanol–water partition coefficient (Wildman–Crippen LogP) is -2.14. The fourth-order valence-electron chi connectivity index (χ4n) is 1.09. The zero-order valence-corrected chi connectivity index (χ0v) is 11.0. The maximum Gasteiger partial charge on any atom is 0.333 e. The first-order valence-corrected chi connectivity index (χ1v) is 5.42. The summed E-state index contributed by atoms with van der Waals surface area (Å²) in [5, 5.41) is 17.8. The lowest BCUT2D eigenvalue weighted by molar-refractivity contribution is -0.161. The number of carbonyl (C=O) groups is 4. The van der Waals surface area contributed by atoms with E-state index in [1.807, 2.05) is 5.32 Å². The highest BCUT2D eigenvalue weighted by Gasteiger charge is 2.24. The van der Waals surface area contributed by atoms with Crippen molar-refractivity contribution in [1.82, 2.24) is 10.2 Å². The van der Waals surface area contributed by atoms with E-state index in [2.05, 4.69) is 4.74 Å². The van der Waals surface area contributed by atoms with Gasteiger partial charge in [-0.05, 0) is 0 Å². The number of amides is 1. The molecule has 0 fully saturated rings. The lowest BCUT2D eigenvalue weighted by atomic mass is 10.2. The average Bonchev–Trinajstić information content (AvgIpc) is 2.26. The first-order valence-electron chi connectivity index (χ1n) is 5.42. The SMILES string of the molecule is CC(=O)N[C@@H](CC(=O)OC(=O)CN(C)C(=N)N)C(=O)O. The second-order valence-electron chi connectivity index (χ2n) is 3.88. The predicted molar refractivity (Wildman–Crippen MR) is 65.5 cm³/mol. The molecule has 5 N–H and O–H groups in total. The molecule has 1 atom stereocenters. The Morgan fingerprint density at radius 3 is 2.30 bits per heavy atom. The van der Waals surface area contributed by atoms with Gasteiger partial charge in [0.2, 0.25) is 5.91 Å². The molecule has 112 valence electrons. The highest BCUT2D eigenvalue weighted by molar-refractivity contribution is 5.92. The Bertz CT molecular complexity index is 435. The number of hydrogen-bond acceptors (Lipinski definition) is 6. The summed E-state index contributed by atoms with van der Waals surface area (Å²) < 4.78 is 4.35. The number of carboxylic acids is 1. The van der Waals surface area contributed by atoms with Gasteiger partial charge in [0.15, 0.2) is 5.96 Å². The Hall–Kier alpha value is -2.65. The molecular weight excluding hydrogens is 272 g/mol. The number of carboxylic acid groups (broad SMARTS) is 1. The van der Waals surface area contributed by atoms with Crippen LogP contribution in [0.3, 0.4) is 0 Å². The van der Waals surface area contributed by atoms with Gasteiger partial charge >= 0.3 is 17.9 Å². The lowest BCUT2D eigenvalue weighted by Gasteiger charge is -2.15. The molecule has 0 saturated heterocycles. The van der Waals surface area contributed by atoms with Gasteiger partial charge in [0, 0.05) is 14.0 Å². The molecule has 1 amide bonds. The van der Waals surface area contributed by atoms with Crippen molar-refractivity contribution >= 4 is 29.8 Å².